The quantitative estimate of drug-likeness (QED) is 0.696. The number of pyridine rings is 1. The molecule has 1 rings (SSSR count). The zero-order chi connectivity index (χ0) is 9.68. The third-order valence-electron chi connectivity index (χ3n) is 1.85. The SMILES string of the molecule is CCCOc1ccnc(CCl)c1C. The molecule has 0 aliphatic heterocycles. The van der Waals surface area contributed by atoms with Crippen LogP contribution in [0, 0.1) is 6.92 Å². The fraction of sp³-hybridized carbons (Fsp3) is 0.500. The van der Waals surface area contributed by atoms with Gasteiger partial charge < -0.3 is 4.74 Å². The van der Waals surface area contributed by atoms with Crippen molar-refractivity contribution in [1.82, 2.24) is 4.98 Å². The predicted octanol–water partition coefficient (Wildman–Crippen LogP) is 2.92. The maximum atomic E-state index is 5.72. The third-order valence-corrected chi connectivity index (χ3v) is 2.10. The Balaban J connectivity index is 2.81. The molecule has 0 atom stereocenters. The number of alkyl halides is 1. The Kier molecular flexibility index (Phi) is 4.03. The third kappa shape index (κ3) is 2.59. The van der Waals surface area contributed by atoms with Crippen molar-refractivity contribution in [1.29, 1.82) is 0 Å². The van der Waals surface area contributed by atoms with Gasteiger partial charge in [-0.05, 0) is 19.4 Å². The van der Waals surface area contributed by atoms with Crippen LogP contribution in [0.3, 0.4) is 0 Å². The van der Waals surface area contributed by atoms with E-state index in [1.807, 2.05) is 13.0 Å². The number of aromatic nitrogens is 1. The van der Waals surface area contributed by atoms with Crippen LogP contribution < -0.4 is 4.74 Å². The Labute approximate surface area is 83.9 Å². The Morgan fingerprint density at radius 1 is 1.54 bits per heavy atom. The van der Waals surface area contributed by atoms with E-state index >= 15 is 0 Å². The van der Waals surface area contributed by atoms with Gasteiger partial charge in [0.25, 0.3) is 0 Å². The lowest BCUT2D eigenvalue weighted by Gasteiger charge is -2.09. The van der Waals surface area contributed by atoms with E-state index in [9.17, 15) is 0 Å². The van der Waals surface area contributed by atoms with Gasteiger partial charge in [-0.15, -0.1) is 11.6 Å². The second-order valence-electron chi connectivity index (χ2n) is 2.86. The molecule has 0 amide bonds. The van der Waals surface area contributed by atoms with Gasteiger partial charge in [0.15, 0.2) is 0 Å². The highest BCUT2D eigenvalue weighted by Gasteiger charge is 2.04. The molecule has 72 valence electrons. The highest BCUT2D eigenvalue weighted by molar-refractivity contribution is 6.17. The molecule has 1 aromatic heterocycles. The zero-order valence-electron chi connectivity index (χ0n) is 8.01. The molecule has 0 bridgehead atoms. The number of nitrogens with zero attached hydrogens (tertiary/aromatic N) is 1. The standard InChI is InChI=1S/C10H14ClNO/c1-3-6-13-10-4-5-12-9(7-11)8(10)2/h4-5H,3,6-7H2,1-2H3. The molecule has 0 fully saturated rings. The van der Waals surface area contributed by atoms with E-state index in [0.717, 1.165) is 30.0 Å². The van der Waals surface area contributed by atoms with Crippen molar-refractivity contribution in [3.8, 4) is 5.75 Å². The Morgan fingerprint density at radius 3 is 2.92 bits per heavy atom. The summed E-state index contributed by atoms with van der Waals surface area (Å²) in [6, 6.07) is 1.88. The summed E-state index contributed by atoms with van der Waals surface area (Å²) in [6.45, 7) is 4.81. The molecular weight excluding hydrogens is 186 g/mol. The normalized spacial score (nSPS) is 10.1. The van der Waals surface area contributed by atoms with E-state index in [4.69, 9.17) is 16.3 Å². The molecule has 1 aromatic rings. The van der Waals surface area contributed by atoms with Crippen LogP contribution in [0.5, 0.6) is 5.75 Å². The maximum Gasteiger partial charge on any atom is 0.125 e. The molecule has 13 heavy (non-hydrogen) atoms. The van der Waals surface area contributed by atoms with Crippen molar-refractivity contribution in [2.45, 2.75) is 26.1 Å². The van der Waals surface area contributed by atoms with Crippen molar-refractivity contribution in [3.63, 3.8) is 0 Å². The molecule has 0 saturated carbocycles. The van der Waals surface area contributed by atoms with E-state index in [2.05, 4.69) is 11.9 Å². The summed E-state index contributed by atoms with van der Waals surface area (Å²) in [5, 5.41) is 0. The molecular formula is C10H14ClNO. The number of halogens is 1. The van der Waals surface area contributed by atoms with E-state index in [1.165, 1.54) is 0 Å². The van der Waals surface area contributed by atoms with E-state index in [1.54, 1.807) is 6.20 Å². The summed E-state index contributed by atoms with van der Waals surface area (Å²) < 4.78 is 5.53. The molecule has 2 nitrogen and oxygen atoms in total. The van der Waals surface area contributed by atoms with Crippen LogP contribution >= 0.6 is 11.6 Å². The lowest BCUT2D eigenvalue weighted by Crippen LogP contribution is -2.00. The summed E-state index contributed by atoms with van der Waals surface area (Å²) in [7, 11) is 0. The van der Waals surface area contributed by atoms with Crippen molar-refractivity contribution in [3.05, 3.63) is 23.5 Å². The van der Waals surface area contributed by atoms with Crippen LogP contribution in [0.15, 0.2) is 12.3 Å². The smallest absolute Gasteiger partial charge is 0.125 e. The van der Waals surface area contributed by atoms with E-state index in [-0.39, 0.29) is 0 Å². The van der Waals surface area contributed by atoms with Crippen molar-refractivity contribution < 1.29 is 4.74 Å². The molecule has 0 radical (unpaired) electrons. The number of hydrogen-bond donors (Lipinski definition) is 0. The van der Waals surface area contributed by atoms with Crippen LogP contribution in [0.25, 0.3) is 0 Å². The Morgan fingerprint density at radius 2 is 2.31 bits per heavy atom. The second kappa shape index (κ2) is 5.07. The van der Waals surface area contributed by atoms with Crippen molar-refractivity contribution in [2.75, 3.05) is 6.61 Å². The van der Waals surface area contributed by atoms with Gasteiger partial charge in [0.05, 0.1) is 18.2 Å². The molecule has 0 spiro atoms. The van der Waals surface area contributed by atoms with Gasteiger partial charge in [-0.25, -0.2) is 0 Å². The summed E-state index contributed by atoms with van der Waals surface area (Å²) >= 11 is 5.72. The highest BCUT2D eigenvalue weighted by atomic mass is 35.5. The Bertz CT molecular complexity index is 276. The van der Waals surface area contributed by atoms with E-state index < -0.39 is 0 Å². The summed E-state index contributed by atoms with van der Waals surface area (Å²) in [6.07, 6.45) is 2.74. The molecule has 0 unspecified atom stereocenters. The van der Waals surface area contributed by atoms with Crippen molar-refractivity contribution >= 4 is 11.6 Å². The van der Waals surface area contributed by atoms with E-state index in [0.29, 0.717) is 5.88 Å². The average molecular weight is 200 g/mol. The summed E-state index contributed by atoms with van der Waals surface area (Å²) in [5.41, 5.74) is 1.95. The van der Waals surface area contributed by atoms with Gasteiger partial charge >= 0.3 is 0 Å². The average Bonchev–Trinajstić information content (AvgIpc) is 2.16. The minimum absolute atomic E-state index is 0.440. The minimum atomic E-state index is 0.440. The largest absolute Gasteiger partial charge is 0.493 e. The van der Waals surface area contributed by atoms with Crippen molar-refractivity contribution in [2.24, 2.45) is 0 Å². The lowest BCUT2D eigenvalue weighted by molar-refractivity contribution is 0.314. The molecule has 0 aromatic carbocycles. The summed E-state index contributed by atoms with van der Waals surface area (Å²) in [4.78, 5) is 4.15. The fourth-order valence-corrected chi connectivity index (χ4v) is 1.33. The van der Waals surface area contributed by atoms with Gasteiger partial charge in [0.2, 0.25) is 0 Å². The van der Waals surface area contributed by atoms with Crippen LogP contribution in [-0.4, -0.2) is 11.6 Å². The number of ether oxygens (including phenoxy) is 1. The molecule has 0 N–H and O–H groups in total. The minimum Gasteiger partial charge on any atom is -0.493 e. The van der Waals surface area contributed by atoms with Crippen LogP contribution in [0.2, 0.25) is 0 Å². The highest BCUT2D eigenvalue weighted by Crippen LogP contribution is 2.20. The molecule has 0 aliphatic carbocycles. The van der Waals surface area contributed by atoms with Gasteiger partial charge in [-0.3, -0.25) is 4.98 Å². The first-order valence-electron chi connectivity index (χ1n) is 4.42. The monoisotopic (exact) mass is 199 g/mol. The second-order valence-corrected chi connectivity index (χ2v) is 3.13. The predicted molar refractivity (Wildman–Crippen MR) is 54.3 cm³/mol. The number of hydrogen-bond acceptors (Lipinski definition) is 2. The first kappa shape index (κ1) is 10.3. The molecule has 1 heterocycles. The first-order valence-corrected chi connectivity index (χ1v) is 4.96. The molecule has 0 saturated heterocycles. The Hall–Kier alpha value is -0.760. The van der Waals surface area contributed by atoms with Gasteiger partial charge in [0, 0.05) is 11.8 Å². The number of rotatable bonds is 4. The van der Waals surface area contributed by atoms with Gasteiger partial charge in [0.1, 0.15) is 5.75 Å². The zero-order valence-corrected chi connectivity index (χ0v) is 8.77. The van der Waals surface area contributed by atoms with Crippen LogP contribution in [0.4, 0.5) is 0 Å². The fourth-order valence-electron chi connectivity index (χ4n) is 1.06. The van der Waals surface area contributed by atoms with Crippen LogP contribution in [-0.2, 0) is 5.88 Å². The molecule has 0 aliphatic rings. The maximum absolute atomic E-state index is 5.72. The topological polar surface area (TPSA) is 22.1 Å². The lowest BCUT2D eigenvalue weighted by atomic mass is 10.2. The van der Waals surface area contributed by atoms with Crippen LogP contribution in [0.1, 0.15) is 24.6 Å². The molecule has 3 heteroatoms. The first-order chi connectivity index (χ1) is 6.29. The summed E-state index contributed by atoms with van der Waals surface area (Å²) in [5.74, 6) is 1.34. The van der Waals surface area contributed by atoms with Gasteiger partial charge in [-0.2, -0.15) is 0 Å². The van der Waals surface area contributed by atoms with Gasteiger partial charge in [-0.1, -0.05) is 6.92 Å².